The average Bonchev–Trinajstić information content (AvgIpc) is 1.98. The fourth-order valence-electron chi connectivity index (χ4n) is 0.586. The lowest BCUT2D eigenvalue weighted by molar-refractivity contribution is 0.148. The van der Waals surface area contributed by atoms with Crippen molar-refractivity contribution < 1.29 is 4.74 Å². The smallest absolute Gasteiger partial charge is 0.0590 e. The Kier molecular flexibility index (Phi) is 6.55. The van der Waals surface area contributed by atoms with E-state index in [1.807, 2.05) is 13.0 Å². The predicted octanol–water partition coefficient (Wildman–Crippen LogP) is 1.19. The number of rotatable bonds is 6. The lowest BCUT2D eigenvalue weighted by atomic mass is 10.3. The maximum absolute atomic E-state index is 5.13. The molecule has 2 heteroatoms. The summed E-state index contributed by atoms with van der Waals surface area (Å²) in [6.07, 6.45) is 1.88. The molecular formula is C8H17NO. The monoisotopic (exact) mass is 143 g/mol. The normalized spacial score (nSPS) is 13.0. The van der Waals surface area contributed by atoms with Crippen LogP contribution >= 0.6 is 0 Å². The molecule has 1 atom stereocenters. The van der Waals surface area contributed by atoms with Crippen molar-refractivity contribution in [2.24, 2.45) is 0 Å². The van der Waals surface area contributed by atoms with Gasteiger partial charge in [0.15, 0.2) is 0 Å². The van der Waals surface area contributed by atoms with Crippen molar-refractivity contribution in [3.8, 4) is 0 Å². The summed E-state index contributed by atoms with van der Waals surface area (Å²) >= 11 is 0. The van der Waals surface area contributed by atoms with Gasteiger partial charge in [0.05, 0.1) is 6.61 Å². The molecule has 1 unspecified atom stereocenters. The first-order valence-electron chi connectivity index (χ1n) is 3.75. The van der Waals surface area contributed by atoms with E-state index in [-0.39, 0.29) is 0 Å². The van der Waals surface area contributed by atoms with Crippen LogP contribution in [-0.4, -0.2) is 25.8 Å². The van der Waals surface area contributed by atoms with Crippen LogP contribution in [0.3, 0.4) is 0 Å². The van der Waals surface area contributed by atoms with Gasteiger partial charge in [-0.3, -0.25) is 0 Å². The second kappa shape index (κ2) is 6.78. The summed E-state index contributed by atoms with van der Waals surface area (Å²) in [4.78, 5) is 0. The molecule has 0 radical (unpaired) electrons. The maximum atomic E-state index is 5.13. The van der Waals surface area contributed by atoms with E-state index in [1.54, 1.807) is 0 Å². The van der Waals surface area contributed by atoms with E-state index in [9.17, 15) is 0 Å². The lowest BCUT2D eigenvalue weighted by Gasteiger charge is -2.07. The van der Waals surface area contributed by atoms with Crippen LogP contribution in [0.2, 0.25) is 0 Å². The third-order valence-electron chi connectivity index (χ3n) is 1.27. The van der Waals surface area contributed by atoms with Gasteiger partial charge in [-0.25, -0.2) is 0 Å². The van der Waals surface area contributed by atoms with E-state index in [4.69, 9.17) is 4.74 Å². The van der Waals surface area contributed by atoms with E-state index in [2.05, 4.69) is 18.8 Å². The second-order valence-electron chi connectivity index (χ2n) is 2.18. The van der Waals surface area contributed by atoms with Crippen molar-refractivity contribution in [2.75, 3.05) is 19.8 Å². The summed E-state index contributed by atoms with van der Waals surface area (Å²) in [6, 6.07) is 0.389. The lowest BCUT2D eigenvalue weighted by Crippen LogP contribution is -2.27. The zero-order valence-electron chi connectivity index (χ0n) is 6.89. The Morgan fingerprint density at radius 3 is 2.90 bits per heavy atom. The van der Waals surface area contributed by atoms with Gasteiger partial charge in [0.25, 0.3) is 0 Å². The Morgan fingerprint density at radius 2 is 2.40 bits per heavy atom. The third kappa shape index (κ3) is 5.79. The molecule has 0 aromatic rings. The molecule has 0 aromatic carbocycles. The van der Waals surface area contributed by atoms with Crippen LogP contribution in [0.25, 0.3) is 0 Å². The molecule has 1 N–H and O–H groups in total. The second-order valence-corrected chi connectivity index (χ2v) is 2.18. The molecule has 0 fully saturated rings. The minimum Gasteiger partial charge on any atom is -0.380 e. The molecule has 0 aliphatic carbocycles. The summed E-state index contributed by atoms with van der Waals surface area (Å²) in [7, 11) is 0. The minimum absolute atomic E-state index is 0.389. The first-order chi connectivity index (χ1) is 4.81. The zero-order chi connectivity index (χ0) is 7.82. The molecule has 0 aliphatic rings. The van der Waals surface area contributed by atoms with Gasteiger partial charge < -0.3 is 10.1 Å². The number of hydrogen-bond acceptors (Lipinski definition) is 2. The van der Waals surface area contributed by atoms with Crippen LogP contribution in [-0.2, 0) is 4.74 Å². The van der Waals surface area contributed by atoms with Crippen molar-refractivity contribution in [1.82, 2.24) is 5.32 Å². The number of ether oxygens (including phenoxy) is 1. The standard InChI is InChI=1S/C8H17NO/c1-4-8(3)9-6-7-10-5-2/h4,8-9H,1,5-7H2,2-3H3. The highest BCUT2D eigenvalue weighted by Gasteiger charge is 1.91. The Balaban J connectivity index is 2.95. The van der Waals surface area contributed by atoms with Crippen LogP contribution in [0, 0.1) is 0 Å². The molecule has 0 spiro atoms. The largest absolute Gasteiger partial charge is 0.380 e. The van der Waals surface area contributed by atoms with Gasteiger partial charge >= 0.3 is 0 Å². The van der Waals surface area contributed by atoms with Crippen LogP contribution in [0.1, 0.15) is 13.8 Å². The van der Waals surface area contributed by atoms with E-state index in [0.717, 1.165) is 19.8 Å². The SMILES string of the molecule is C=CC(C)NCCOCC. The quantitative estimate of drug-likeness (QED) is 0.445. The van der Waals surface area contributed by atoms with Gasteiger partial charge in [0.2, 0.25) is 0 Å². The zero-order valence-corrected chi connectivity index (χ0v) is 6.89. The molecule has 0 aliphatic heterocycles. The summed E-state index contributed by atoms with van der Waals surface area (Å²) < 4.78 is 5.13. The fourth-order valence-corrected chi connectivity index (χ4v) is 0.586. The highest BCUT2D eigenvalue weighted by atomic mass is 16.5. The van der Waals surface area contributed by atoms with Crippen LogP contribution in [0.4, 0.5) is 0 Å². The molecule has 0 saturated heterocycles. The van der Waals surface area contributed by atoms with Crippen molar-refractivity contribution in [3.63, 3.8) is 0 Å². The van der Waals surface area contributed by atoms with E-state index >= 15 is 0 Å². The number of hydrogen-bond donors (Lipinski definition) is 1. The molecule has 0 saturated carbocycles. The molecule has 10 heavy (non-hydrogen) atoms. The van der Waals surface area contributed by atoms with Crippen molar-refractivity contribution >= 4 is 0 Å². The summed E-state index contributed by atoms with van der Waals surface area (Å²) in [5, 5.41) is 3.22. The Bertz CT molecular complexity index is 83.3. The molecule has 0 aromatic heterocycles. The molecular weight excluding hydrogens is 126 g/mol. The van der Waals surface area contributed by atoms with E-state index in [1.165, 1.54) is 0 Å². The Morgan fingerprint density at radius 1 is 1.70 bits per heavy atom. The molecule has 0 bridgehead atoms. The predicted molar refractivity (Wildman–Crippen MR) is 44.2 cm³/mol. The summed E-state index contributed by atoms with van der Waals surface area (Å²) in [6.45, 7) is 10.2. The van der Waals surface area contributed by atoms with Crippen molar-refractivity contribution in [2.45, 2.75) is 19.9 Å². The highest BCUT2D eigenvalue weighted by Crippen LogP contribution is 1.79. The Labute approximate surface area is 63.3 Å². The fraction of sp³-hybridized carbons (Fsp3) is 0.750. The van der Waals surface area contributed by atoms with Gasteiger partial charge in [0, 0.05) is 19.2 Å². The van der Waals surface area contributed by atoms with Crippen LogP contribution in [0.15, 0.2) is 12.7 Å². The maximum Gasteiger partial charge on any atom is 0.0590 e. The Hall–Kier alpha value is -0.340. The van der Waals surface area contributed by atoms with Gasteiger partial charge in [0.1, 0.15) is 0 Å². The van der Waals surface area contributed by atoms with E-state index in [0.29, 0.717) is 6.04 Å². The van der Waals surface area contributed by atoms with Gasteiger partial charge in [-0.15, -0.1) is 6.58 Å². The summed E-state index contributed by atoms with van der Waals surface area (Å²) in [5.41, 5.74) is 0. The minimum atomic E-state index is 0.389. The average molecular weight is 143 g/mol. The first kappa shape index (κ1) is 9.66. The van der Waals surface area contributed by atoms with Gasteiger partial charge in [-0.2, -0.15) is 0 Å². The molecule has 0 amide bonds. The molecule has 60 valence electrons. The topological polar surface area (TPSA) is 21.3 Å². The number of nitrogens with one attached hydrogen (secondary N) is 1. The van der Waals surface area contributed by atoms with Crippen LogP contribution in [0.5, 0.6) is 0 Å². The third-order valence-corrected chi connectivity index (χ3v) is 1.27. The van der Waals surface area contributed by atoms with Crippen molar-refractivity contribution in [3.05, 3.63) is 12.7 Å². The van der Waals surface area contributed by atoms with Crippen molar-refractivity contribution in [1.29, 1.82) is 0 Å². The first-order valence-corrected chi connectivity index (χ1v) is 3.75. The van der Waals surface area contributed by atoms with Crippen LogP contribution < -0.4 is 5.32 Å². The molecule has 0 rings (SSSR count). The molecule has 0 heterocycles. The highest BCUT2D eigenvalue weighted by molar-refractivity contribution is 4.80. The summed E-state index contributed by atoms with van der Waals surface area (Å²) in [5.74, 6) is 0. The van der Waals surface area contributed by atoms with E-state index < -0.39 is 0 Å². The molecule has 2 nitrogen and oxygen atoms in total. The van der Waals surface area contributed by atoms with Gasteiger partial charge in [-0.05, 0) is 13.8 Å². The van der Waals surface area contributed by atoms with Gasteiger partial charge in [-0.1, -0.05) is 6.08 Å².